The number of benzene rings is 2. The van der Waals surface area contributed by atoms with E-state index < -0.39 is 11.7 Å². The topological polar surface area (TPSA) is 77.2 Å². The minimum absolute atomic E-state index is 0.0404. The highest BCUT2D eigenvalue weighted by Gasteiger charge is 2.17. The number of hydrogen-bond acceptors (Lipinski definition) is 5. The highest BCUT2D eigenvalue weighted by atomic mass is 19.1. The fraction of sp³-hybridized carbons (Fsp3) is 0.0625. The molecule has 0 saturated heterocycles. The Kier molecular flexibility index (Phi) is 4.01. The molecular weight excluding hydrogens is 301 g/mol. The van der Waals surface area contributed by atoms with Crippen LogP contribution in [0.4, 0.5) is 10.1 Å². The number of para-hydroxylation sites is 1. The number of ether oxygens (including phenoxy) is 1. The maximum Gasteiger partial charge on any atom is 0.313 e. The van der Waals surface area contributed by atoms with Crippen molar-refractivity contribution in [3.8, 4) is 17.2 Å². The lowest BCUT2D eigenvalue weighted by molar-refractivity contribution is 0.0990. The van der Waals surface area contributed by atoms with E-state index in [2.05, 4.69) is 15.5 Å². The van der Waals surface area contributed by atoms with Gasteiger partial charge in [0.2, 0.25) is 5.89 Å². The van der Waals surface area contributed by atoms with Crippen molar-refractivity contribution in [2.45, 2.75) is 0 Å². The average molecular weight is 313 g/mol. The van der Waals surface area contributed by atoms with E-state index in [9.17, 15) is 9.18 Å². The van der Waals surface area contributed by atoms with Crippen molar-refractivity contribution in [2.24, 2.45) is 0 Å². The number of carbonyl (C=O) groups is 1. The molecule has 0 saturated carbocycles. The van der Waals surface area contributed by atoms with Crippen LogP contribution in [0.3, 0.4) is 0 Å². The van der Waals surface area contributed by atoms with Gasteiger partial charge in [0.25, 0.3) is 0 Å². The number of anilines is 1. The Morgan fingerprint density at radius 3 is 2.78 bits per heavy atom. The Labute approximate surface area is 130 Å². The third-order valence-electron chi connectivity index (χ3n) is 3.06. The summed E-state index contributed by atoms with van der Waals surface area (Å²) in [6.07, 6.45) is 0. The second-order valence-electron chi connectivity index (χ2n) is 4.58. The molecule has 0 unspecified atom stereocenters. The summed E-state index contributed by atoms with van der Waals surface area (Å²) < 4.78 is 24.0. The zero-order valence-corrected chi connectivity index (χ0v) is 12.1. The van der Waals surface area contributed by atoms with Gasteiger partial charge in [-0.25, -0.2) is 4.39 Å². The quantitative estimate of drug-likeness (QED) is 0.800. The number of amides is 1. The molecule has 1 heterocycles. The van der Waals surface area contributed by atoms with Gasteiger partial charge in [0.05, 0.1) is 12.8 Å². The number of nitrogens with one attached hydrogen (secondary N) is 1. The van der Waals surface area contributed by atoms with Gasteiger partial charge in [-0.15, -0.1) is 10.2 Å². The molecule has 2 aromatic carbocycles. The standard InChI is InChI=1S/C16H12FN3O3/c1-22-11-6-4-5-10(9-11)15-19-20-16(23-15)14(21)18-13-8-3-2-7-12(13)17/h2-9H,1H3,(H,18,21). The molecule has 0 aliphatic heterocycles. The summed E-state index contributed by atoms with van der Waals surface area (Å²) in [5.74, 6) is -0.697. The normalized spacial score (nSPS) is 10.3. The SMILES string of the molecule is COc1cccc(-c2nnc(C(=O)Nc3ccccc3F)o2)c1. The summed E-state index contributed by atoms with van der Waals surface area (Å²) in [5.41, 5.74) is 0.653. The van der Waals surface area contributed by atoms with Crippen LogP contribution in [-0.4, -0.2) is 23.2 Å². The molecule has 0 bridgehead atoms. The van der Waals surface area contributed by atoms with Crippen LogP contribution < -0.4 is 10.1 Å². The molecule has 1 aromatic heterocycles. The van der Waals surface area contributed by atoms with Crippen molar-refractivity contribution < 1.29 is 18.3 Å². The Hall–Kier alpha value is -3.22. The Morgan fingerprint density at radius 1 is 1.17 bits per heavy atom. The van der Waals surface area contributed by atoms with E-state index in [0.717, 1.165) is 0 Å². The molecule has 0 atom stereocenters. The summed E-state index contributed by atoms with van der Waals surface area (Å²) in [6, 6.07) is 12.8. The maximum atomic E-state index is 13.5. The first-order valence-corrected chi connectivity index (χ1v) is 6.71. The van der Waals surface area contributed by atoms with Crippen LogP contribution in [0.1, 0.15) is 10.7 Å². The summed E-state index contributed by atoms with van der Waals surface area (Å²) >= 11 is 0. The van der Waals surface area contributed by atoms with E-state index in [4.69, 9.17) is 9.15 Å². The van der Waals surface area contributed by atoms with Crippen molar-refractivity contribution in [3.05, 3.63) is 60.2 Å². The Bertz CT molecular complexity index is 848. The van der Waals surface area contributed by atoms with Gasteiger partial charge in [0, 0.05) is 5.56 Å². The van der Waals surface area contributed by atoms with E-state index in [1.54, 1.807) is 37.4 Å². The van der Waals surface area contributed by atoms with Crippen LogP contribution in [0.15, 0.2) is 52.9 Å². The predicted molar refractivity (Wildman–Crippen MR) is 80.6 cm³/mol. The van der Waals surface area contributed by atoms with Crippen molar-refractivity contribution in [2.75, 3.05) is 12.4 Å². The van der Waals surface area contributed by atoms with Gasteiger partial charge in [0.1, 0.15) is 11.6 Å². The monoisotopic (exact) mass is 313 g/mol. The van der Waals surface area contributed by atoms with E-state index >= 15 is 0 Å². The van der Waals surface area contributed by atoms with Crippen LogP contribution >= 0.6 is 0 Å². The molecular formula is C16H12FN3O3. The molecule has 0 radical (unpaired) electrons. The van der Waals surface area contributed by atoms with Crippen molar-refractivity contribution >= 4 is 11.6 Å². The number of aromatic nitrogens is 2. The molecule has 0 fully saturated rings. The van der Waals surface area contributed by atoms with Crippen LogP contribution in [0.5, 0.6) is 5.75 Å². The van der Waals surface area contributed by atoms with E-state index in [1.165, 1.54) is 18.2 Å². The molecule has 1 N–H and O–H groups in total. The lowest BCUT2D eigenvalue weighted by atomic mass is 10.2. The number of halogens is 1. The third kappa shape index (κ3) is 3.18. The Balaban J connectivity index is 1.81. The first-order chi connectivity index (χ1) is 11.2. The van der Waals surface area contributed by atoms with Crippen molar-refractivity contribution in [1.82, 2.24) is 10.2 Å². The van der Waals surface area contributed by atoms with Gasteiger partial charge in [-0.1, -0.05) is 18.2 Å². The molecule has 6 nitrogen and oxygen atoms in total. The molecule has 23 heavy (non-hydrogen) atoms. The Morgan fingerprint density at radius 2 is 2.00 bits per heavy atom. The molecule has 0 aliphatic rings. The van der Waals surface area contributed by atoms with Gasteiger partial charge in [-0.2, -0.15) is 0 Å². The zero-order valence-electron chi connectivity index (χ0n) is 12.1. The van der Waals surface area contributed by atoms with Crippen LogP contribution in [-0.2, 0) is 0 Å². The van der Waals surface area contributed by atoms with E-state index in [0.29, 0.717) is 11.3 Å². The largest absolute Gasteiger partial charge is 0.497 e. The molecule has 3 aromatic rings. The predicted octanol–water partition coefficient (Wildman–Crippen LogP) is 3.14. The molecule has 0 spiro atoms. The van der Waals surface area contributed by atoms with Gasteiger partial charge < -0.3 is 14.5 Å². The highest BCUT2D eigenvalue weighted by molar-refractivity contribution is 6.01. The molecule has 3 rings (SSSR count). The summed E-state index contributed by atoms with van der Waals surface area (Å²) in [7, 11) is 1.54. The smallest absolute Gasteiger partial charge is 0.313 e. The number of nitrogens with zero attached hydrogens (tertiary/aromatic N) is 2. The molecule has 0 aliphatic carbocycles. The van der Waals surface area contributed by atoms with Gasteiger partial charge in [-0.3, -0.25) is 4.79 Å². The zero-order chi connectivity index (χ0) is 16.2. The van der Waals surface area contributed by atoms with Crippen LogP contribution in [0.25, 0.3) is 11.5 Å². The number of methoxy groups -OCH3 is 1. The summed E-state index contributed by atoms with van der Waals surface area (Å²) in [6.45, 7) is 0. The van der Waals surface area contributed by atoms with Crippen LogP contribution in [0, 0.1) is 5.82 Å². The van der Waals surface area contributed by atoms with E-state index in [1.807, 2.05) is 0 Å². The number of hydrogen-bond donors (Lipinski definition) is 1. The fourth-order valence-corrected chi connectivity index (χ4v) is 1.93. The first-order valence-electron chi connectivity index (χ1n) is 6.71. The summed E-state index contributed by atoms with van der Waals surface area (Å²) in [4.78, 5) is 12.0. The summed E-state index contributed by atoms with van der Waals surface area (Å²) in [5, 5.41) is 9.88. The van der Waals surface area contributed by atoms with Crippen molar-refractivity contribution in [1.29, 1.82) is 0 Å². The molecule has 116 valence electrons. The van der Waals surface area contributed by atoms with Crippen molar-refractivity contribution in [3.63, 3.8) is 0 Å². The molecule has 7 heteroatoms. The fourth-order valence-electron chi connectivity index (χ4n) is 1.93. The van der Waals surface area contributed by atoms with Gasteiger partial charge in [-0.05, 0) is 30.3 Å². The minimum Gasteiger partial charge on any atom is -0.497 e. The lowest BCUT2D eigenvalue weighted by Gasteiger charge is -2.02. The number of rotatable bonds is 4. The second kappa shape index (κ2) is 6.27. The first kappa shape index (κ1) is 14.7. The second-order valence-corrected chi connectivity index (χ2v) is 4.58. The number of carbonyl (C=O) groups excluding carboxylic acids is 1. The van der Waals surface area contributed by atoms with Gasteiger partial charge in [0.15, 0.2) is 0 Å². The third-order valence-corrected chi connectivity index (χ3v) is 3.06. The maximum absolute atomic E-state index is 13.5. The molecule has 1 amide bonds. The average Bonchev–Trinajstić information content (AvgIpc) is 3.07. The highest BCUT2D eigenvalue weighted by Crippen LogP contribution is 2.23. The van der Waals surface area contributed by atoms with E-state index in [-0.39, 0.29) is 17.5 Å². The lowest BCUT2D eigenvalue weighted by Crippen LogP contribution is -2.13. The van der Waals surface area contributed by atoms with Gasteiger partial charge >= 0.3 is 11.8 Å². The van der Waals surface area contributed by atoms with Crippen LogP contribution in [0.2, 0.25) is 0 Å². The minimum atomic E-state index is -0.684.